The number of carbonyl (C=O) groups is 1. The topological polar surface area (TPSA) is 60.0 Å². The fraction of sp³-hybridized carbons (Fsp3) is 0.500. The minimum absolute atomic E-state index is 0.0191. The van der Waals surface area contributed by atoms with E-state index in [9.17, 15) is 4.79 Å². The van der Waals surface area contributed by atoms with Crippen LogP contribution in [0.15, 0.2) is 18.3 Å². The molecular formula is C10H17N3O. The number of likely N-dealkylation sites (N-methyl/N-ethyl adjacent to an activating group) is 1. The van der Waals surface area contributed by atoms with E-state index in [0.717, 1.165) is 5.69 Å². The van der Waals surface area contributed by atoms with E-state index in [1.54, 1.807) is 0 Å². The number of aromatic nitrogens is 1. The first kappa shape index (κ1) is 10.8. The van der Waals surface area contributed by atoms with Crippen molar-refractivity contribution in [3.05, 3.63) is 24.0 Å². The lowest BCUT2D eigenvalue weighted by atomic mass is 10.2. The molecule has 4 nitrogen and oxygen atoms in total. The standard InChI is InChI=1S/C10H17N3O/c1-3-12-10(14)7-13-6-4-5-9(13)8(2)11/h4-6,8H,3,7,11H2,1-2H3,(H,12,14). The molecule has 0 saturated carbocycles. The SMILES string of the molecule is CCNC(=O)Cn1cccc1C(C)N. The van der Waals surface area contributed by atoms with Crippen LogP contribution in [0.4, 0.5) is 0 Å². The van der Waals surface area contributed by atoms with Crippen LogP contribution in [0.25, 0.3) is 0 Å². The lowest BCUT2D eigenvalue weighted by molar-refractivity contribution is -0.121. The minimum Gasteiger partial charge on any atom is -0.355 e. The van der Waals surface area contributed by atoms with E-state index in [0.29, 0.717) is 13.1 Å². The number of nitrogens with zero attached hydrogens (tertiary/aromatic N) is 1. The normalized spacial score (nSPS) is 12.5. The second-order valence-electron chi connectivity index (χ2n) is 3.30. The van der Waals surface area contributed by atoms with Crippen molar-refractivity contribution in [2.75, 3.05) is 6.54 Å². The molecule has 0 spiro atoms. The first-order valence-corrected chi connectivity index (χ1v) is 4.82. The number of carbonyl (C=O) groups excluding carboxylic acids is 1. The molecule has 1 aromatic rings. The summed E-state index contributed by atoms with van der Waals surface area (Å²) in [6.07, 6.45) is 1.87. The molecule has 0 saturated heterocycles. The van der Waals surface area contributed by atoms with E-state index in [1.165, 1.54) is 0 Å². The van der Waals surface area contributed by atoms with Gasteiger partial charge in [-0.15, -0.1) is 0 Å². The van der Waals surface area contributed by atoms with Crippen molar-refractivity contribution in [1.82, 2.24) is 9.88 Å². The Labute approximate surface area is 84.1 Å². The summed E-state index contributed by atoms with van der Waals surface area (Å²) in [6.45, 7) is 4.81. The van der Waals surface area contributed by atoms with Crippen molar-refractivity contribution in [2.45, 2.75) is 26.4 Å². The highest BCUT2D eigenvalue weighted by Crippen LogP contribution is 2.09. The number of rotatable bonds is 4. The molecule has 1 atom stereocenters. The third-order valence-corrected chi connectivity index (χ3v) is 2.02. The lowest BCUT2D eigenvalue weighted by Gasteiger charge is -2.11. The Morgan fingerprint density at radius 1 is 1.71 bits per heavy atom. The average Bonchev–Trinajstić information content (AvgIpc) is 2.52. The molecule has 0 aromatic carbocycles. The highest BCUT2D eigenvalue weighted by atomic mass is 16.1. The van der Waals surface area contributed by atoms with Crippen molar-refractivity contribution >= 4 is 5.91 Å². The van der Waals surface area contributed by atoms with Crippen LogP contribution in [0.3, 0.4) is 0 Å². The number of hydrogen-bond donors (Lipinski definition) is 2. The van der Waals surface area contributed by atoms with Crippen LogP contribution in [0.5, 0.6) is 0 Å². The van der Waals surface area contributed by atoms with Crippen LogP contribution < -0.4 is 11.1 Å². The van der Waals surface area contributed by atoms with E-state index in [1.807, 2.05) is 36.7 Å². The maximum Gasteiger partial charge on any atom is 0.239 e. The first-order chi connectivity index (χ1) is 6.65. The van der Waals surface area contributed by atoms with Crippen molar-refractivity contribution in [1.29, 1.82) is 0 Å². The van der Waals surface area contributed by atoms with Crippen molar-refractivity contribution in [2.24, 2.45) is 5.73 Å². The summed E-state index contributed by atoms with van der Waals surface area (Å²) in [5.41, 5.74) is 6.74. The molecule has 3 N–H and O–H groups in total. The van der Waals surface area contributed by atoms with Crippen LogP contribution in [0, 0.1) is 0 Å². The molecule has 0 aliphatic rings. The smallest absolute Gasteiger partial charge is 0.239 e. The van der Waals surface area contributed by atoms with Gasteiger partial charge in [-0.1, -0.05) is 0 Å². The molecule has 78 valence electrons. The molecule has 1 amide bonds. The van der Waals surface area contributed by atoms with Crippen LogP contribution in [0.1, 0.15) is 25.6 Å². The summed E-state index contributed by atoms with van der Waals surface area (Å²) in [7, 11) is 0. The number of nitrogens with two attached hydrogens (primary N) is 1. The fourth-order valence-corrected chi connectivity index (χ4v) is 1.39. The molecule has 1 aromatic heterocycles. The fourth-order valence-electron chi connectivity index (χ4n) is 1.39. The Hall–Kier alpha value is -1.29. The number of hydrogen-bond acceptors (Lipinski definition) is 2. The summed E-state index contributed by atoms with van der Waals surface area (Å²) in [5.74, 6) is 0.0191. The summed E-state index contributed by atoms with van der Waals surface area (Å²) in [4.78, 5) is 11.3. The molecule has 1 rings (SSSR count). The van der Waals surface area contributed by atoms with Gasteiger partial charge >= 0.3 is 0 Å². The number of amides is 1. The van der Waals surface area contributed by atoms with E-state index < -0.39 is 0 Å². The zero-order valence-electron chi connectivity index (χ0n) is 8.66. The van der Waals surface area contributed by atoms with Crippen molar-refractivity contribution in [3.63, 3.8) is 0 Å². The van der Waals surface area contributed by atoms with Gasteiger partial charge in [0.2, 0.25) is 5.91 Å². The third-order valence-electron chi connectivity index (χ3n) is 2.02. The predicted molar refractivity (Wildman–Crippen MR) is 55.7 cm³/mol. The van der Waals surface area contributed by atoms with E-state index >= 15 is 0 Å². The van der Waals surface area contributed by atoms with Gasteiger partial charge in [0.05, 0.1) is 0 Å². The molecule has 14 heavy (non-hydrogen) atoms. The maximum absolute atomic E-state index is 11.3. The molecule has 0 aliphatic carbocycles. The van der Waals surface area contributed by atoms with Gasteiger partial charge in [0, 0.05) is 24.5 Å². The second kappa shape index (κ2) is 4.81. The monoisotopic (exact) mass is 195 g/mol. The Morgan fingerprint density at radius 3 is 3.00 bits per heavy atom. The minimum atomic E-state index is -0.0422. The summed E-state index contributed by atoms with van der Waals surface area (Å²) in [5, 5.41) is 2.75. The largest absolute Gasteiger partial charge is 0.355 e. The van der Waals surface area contributed by atoms with Gasteiger partial charge in [0.25, 0.3) is 0 Å². The quantitative estimate of drug-likeness (QED) is 0.740. The Balaban J connectivity index is 2.66. The highest BCUT2D eigenvalue weighted by Gasteiger charge is 2.07. The maximum atomic E-state index is 11.3. The molecule has 1 unspecified atom stereocenters. The molecular weight excluding hydrogens is 178 g/mol. The Kier molecular flexibility index (Phi) is 3.71. The van der Waals surface area contributed by atoms with E-state index in [2.05, 4.69) is 5.32 Å². The van der Waals surface area contributed by atoms with E-state index in [-0.39, 0.29) is 11.9 Å². The number of nitrogens with one attached hydrogen (secondary N) is 1. The zero-order valence-corrected chi connectivity index (χ0v) is 8.66. The molecule has 4 heteroatoms. The molecule has 1 heterocycles. The van der Waals surface area contributed by atoms with Crippen molar-refractivity contribution in [3.8, 4) is 0 Å². The van der Waals surface area contributed by atoms with Crippen LogP contribution in [0.2, 0.25) is 0 Å². The van der Waals surface area contributed by atoms with Crippen LogP contribution >= 0.6 is 0 Å². The molecule has 0 bridgehead atoms. The van der Waals surface area contributed by atoms with Gasteiger partial charge < -0.3 is 15.6 Å². The molecule has 0 fully saturated rings. The van der Waals surface area contributed by atoms with Gasteiger partial charge in [-0.3, -0.25) is 4.79 Å². The van der Waals surface area contributed by atoms with Crippen molar-refractivity contribution < 1.29 is 4.79 Å². The average molecular weight is 195 g/mol. The summed E-state index contributed by atoms with van der Waals surface area (Å²) >= 11 is 0. The van der Waals surface area contributed by atoms with Gasteiger partial charge in [-0.2, -0.15) is 0 Å². The van der Waals surface area contributed by atoms with Gasteiger partial charge in [0.15, 0.2) is 0 Å². The van der Waals surface area contributed by atoms with Crippen LogP contribution in [-0.2, 0) is 11.3 Å². The van der Waals surface area contributed by atoms with Gasteiger partial charge in [0.1, 0.15) is 6.54 Å². The van der Waals surface area contributed by atoms with Gasteiger partial charge in [-0.05, 0) is 26.0 Å². The third kappa shape index (κ3) is 2.60. The van der Waals surface area contributed by atoms with Gasteiger partial charge in [-0.25, -0.2) is 0 Å². The second-order valence-corrected chi connectivity index (χ2v) is 3.30. The first-order valence-electron chi connectivity index (χ1n) is 4.82. The molecule has 0 radical (unpaired) electrons. The van der Waals surface area contributed by atoms with Crippen LogP contribution in [-0.4, -0.2) is 17.0 Å². The zero-order chi connectivity index (χ0) is 10.6. The Morgan fingerprint density at radius 2 is 2.43 bits per heavy atom. The predicted octanol–water partition coefficient (Wildman–Crippen LogP) is 0.644. The summed E-state index contributed by atoms with van der Waals surface area (Å²) < 4.78 is 1.87. The Bertz CT molecular complexity index is 304. The van der Waals surface area contributed by atoms with E-state index in [4.69, 9.17) is 5.73 Å². The molecule has 0 aliphatic heterocycles. The summed E-state index contributed by atoms with van der Waals surface area (Å²) in [6, 6.07) is 3.79. The highest BCUT2D eigenvalue weighted by molar-refractivity contribution is 5.75. The lowest BCUT2D eigenvalue weighted by Crippen LogP contribution is -2.28.